The molecule has 0 aromatic heterocycles. The van der Waals surface area contributed by atoms with Gasteiger partial charge < -0.3 is 5.32 Å². The van der Waals surface area contributed by atoms with Crippen molar-refractivity contribution in [1.82, 2.24) is 5.32 Å². The van der Waals surface area contributed by atoms with Crippen molar-refractivity contribution in [3.8, 4) is 0 Å². The topological polar surface area (TPSA) is 29.1 Å². The summed E-state index contributed by atoms with van der Waals surface area (Å²) in [6.07, 6.45) is 3.39. The number of hydrogen-bond donors (Lipinski definition) is 1. The average Bonchev–Trinajstić information content (AvgIpc) is 2.27. The predicted molar refractivity (Wildman–Crippen MR) is 62.9 cm³/mol. The molecule has 2 heteroatoms. The summed E-state index contributed by atoms with van der Waals surface area (Å²) in [6.45, 7) is 4.21. The Bertz CT molecular complexity index is 295. The highest BCUT2D eigenvalue weighted by Gasteiger charge is 2.07. The Hall–Kier alpha value is -1.31. The smallest absolute Gasteiger partial charge is 0.251 e. The summed E-state index contributed by atoms with van der Waals surface area (Å²) < 4.78 is 0. The number of nitrogens with one attached hydrogen (secondary N) is 1. The maximum atomic E-state index is 11.7. The molecule has 1 amide bonds. The number of rotatable bonds is 5. The van der Waals surface area contributed by atoms with Crippen molar-refractivity contribution in [3.05, 3.63) is 35.9 Å². The molecule has 0 saturated heterocycles. The first-order valence-corrected chi connectivity index (χ1v) is 5.60. The van der Waals surface area contributed by atoms with Crippen molar-refractivity contribution in [2.75, 3.05) is 0 Å². The van der Waals surface area contributed by atoms with Gasteiger partial charge in [0.05, 0.1) is 0 Å². The highest BCUT2D eigenvalue weighted by atomic mass is 16.1. The monoisotopic (exact) mass is 206 g/mol. The molecule has 0 spiro atoms. The van der Waals surface area contributed by atoms with Crippen LogP contribution in [-0.2, 0) is 0 Å². The van der Waals surface area contributed by atoms with Gasteiger partial charge in [-0.05, 0) is 25.5 Å². The minimum absolute atomic E-state index is 0.0270. The van der Waals surface area contributed by atoms with Crippen LogP contribution in [0.5, 0.6) is 0 Å². The summed E-state index contributed by atoms with van der Waals surface area (Å²) in [5, 5.41) is 2.99. The minimum Gasteiger partial charge on any atom is -0.350 e. The molecule has 0 aliphatic carbocycles. The predicted octanol–water partition coefficient (Wildman–Crippen LogP) is 3.00. The lowest BCUT2D eigenvalue weighted by Crippen LogP contribution is -2.32. The largest absolute Gasteiger partial charge is 0.350 e. The minimum atomic E-state index is 0.0270. The fourth-order valence-electron chi connectivity index (χ4n) is 1.48. The molecule has 1 N–H and O–H groups in total. The first-order chi connectivity index (χ1) is 7.24. The molecule has 1 rings (SSSR count). The van der Waals surface area contributed by atoms with Crippen LogP contribution in [0.3, 0.4) is 0 Å². The lowest BCUT2D eigenvalue weighted by molar-refractivity contribution is 0.0938. The first-order valence-electron chi connectivity index (χ1n) is 5.60. The van der Waals surface area contributed by atoms with E-state index in [9.17, 15) is 4.79 Å². The maximum Gasteiger partial charge on any atom is 0.251 e. The quantitative estimate of drug-likeness (QED) is 0.737. The number of amides is 1. The van der Waals surface area contributed by atoms with E-state index >= 15 is 0 Å². The standard InChI is InChI=1S/C13H19NO/c1-3-4-8-11(2)14-13(15)12-9-6-5-7-10-12/h5-7,9-11H,3-4,8H2,1-2H3,(H,14,15)/t11-/m1/s1/i2+1. The van der Waals surface area contributed by atoms with Gasteiger partial charge in [-0.1, -0.05) is 38.0 Å². The molecule has 1 aromatic carbocycles. The van der Waals surface area contributed by atoms with Crippen LogP contribution in [0.15, 0.2) is 30.3 Å². The summed E-state index contributed by atoms with van der Waals surface area (Å²) >= 11 is 0. The number of carbonyl (C=O) groups excluding carboxylic acids is 1. The van der Waals surface area contributed by atoms with E-state index in [0.29, 0.717) is 0 Å². The van der Waals surface area contributed by atoms with Crippen LogP contribution in [0.2, 0.25) is 0 Å². The van der Waals surface area contributed by atoms with Crippen molar-refractivity contribution in [2.45, 2.75) is 39.2 Å². The second-order valence-electron chi connectivity index (χ2n) is 3.88. The van der Waals surface area contributed by atoms with Gasteiger partial charge in [-0.2, -0.15) is 0 Å². The van der Waals surface area contributed by atoms with Crippen LogP contribution >= 0.6 is 0 Å². The second-order valence-corrected chi connectivity index (χ2v) is 3.88. The summed E-state index contributed by atoms with van der Waals surface area (Å²) in [7, 11) is 0. The summed E-state index contributed by atoms with van der Waals surface area (Å²) in [4.78, 5) is 11.7. The Balaban J connectivity index is 2.42. The molecule has 0 saturated carbocycles. The van der Waals surface area contributed by atoms with Gasteiger partial charge in [-0.25, -0.2) is 0 Å². The molecule has 0 unspecified atom stereocenters. The Morgan fingerprint density at radius 3 is 2.60 bits per heavy atom. The molecule has 0 bridgehead atoms. The van der Waals surface area contributed by atoms with E-state index < -0.39 is 0 Å². The summed E-state index contributed by atoms with van der Waals surface area (Å²) in [5.74, 6) is 0.0270. The Morgan fingerprint density at radius 2 is 2.00 bits per heavy atom. The maximum absolute atomic E-state index is 11.7. The van der Waals surface area contributed by atoms with Crippen molar-refractivity contribution in [3.63, 3.8) is 0 Å². The highest BCUT2D eigenvalue weighted by molar-refractivity contribution is 5.94. The van der Waals surface area contributed by atoms with E-state index in [2.05, 4.69) is 19.2 Å². The van der Waals surface area contributed by atoms with E-state index in [-0.39, 0.29) is 11.9 Å². The number of hydrogen-bond acceptors (Lipinski definition) is 1. The Kier molecular flexibility index (Phi) is 4.88. The van der Waals surface area contributed by atoms with Gasteiger partial charge in [0.2, 0.25) is 0 Å². The first kappa shape index (κ1) is 11.8. The second kappa shape index (κ2) is 6.23. The normalized spacial score (nSPS) is 12.1. The highest BCUT2D eigenvalue weighted by Crippen LogP contribution is 2.02. The Labute approximate surface area is 91.7 Å². The van der Waals surface area contributed by atoms with Crippen LogP contribution in [0.4, 0.5) is 0 Å². The van der Waals surface area contributed by atoms with Gasteiger partial charge >= 0.3 is 0 Å². The van der Waals surface area contributed by atoms with Crippen LogP contribution < -0.4 is 5.32 Å². The third-order valence-electron chi connectivity index (χ3n) is 2.40. The zero-order chi connectivity index (χ0) is 11.1. The third-order valence-corrected chi connectivity index (χ3v) is 2.40. The number of unbranched alkanes of at least 4 members (excludes halogenated alkanes) is 1. The van der Waals surface area contributed by atoms with Gasteiger partial charge in [0.25, 0.3) is 5.91 Å². The molecular formula is C13H19NO. The molecule has 0 heterocycles. The zero-order valence-electron chi connectivity index (χ0n) is 9.49. The molecule has 2 nitrogen and oxygen atoms in total. The molecule has 82 valence electrons. The van der Waals surface area contributed by atoms with Crippen molar-refractivity contribution in [2.24, 2.45) is 0 Å². The summed E-state index contributed by atoms with van der Waals surface area (Å²) in [5.41, 5.74) is 0.737. The Morgan fingerprint density at radius 1 is 1.33 bits per heavy atom. The fourth-order valence-corrected chi connectivity index (χ4v) is 1.48. The SMILES string of the molecule is CCCC[C@@H]([13CH3])NC(=O)c1ccccc1. The van der Waals surface area contributed by atoms with E-state index in [1.54, 1.807) is 0 Å². The molecule has 15 heavy (non-hydrogen) atoms. The van der Waals surface area contributed by atoms with Crippen LogP contribution in [-0.4, -0.2) is 11.9 Å². The lowest BCUT2D eigenvalue weighted by Gasteiger charge is -2.13. The van der Waals surface area contributed by atoms with Gasteiger partial charge in [0.15, 0.2) is 0 Å². The van der Waals surface area contributed by atoms with Crippen molar-refractivity contribution in [1.29, 1.82) is 0 Å². The molecule has 0 radical (unpaired) electrons. The molecule has 0 fully saturated rings. The van der Waals surface area contributed by atoms with Crippen LogP contribution in [0, 0.1) is 0 Å². The van der Waals surface area contributed by atoms with Crippen molar-refractivity contribution >= 4 is 5.91 Å². The van der Waals surface area contributed by atoms with Gasteiger partial charge in [-0.15, -0.1) is 0 Å². The molecule has 0 aliphatic rings. The summed E-state index contributed by atoms with van der Waals surface area (Å²) in [6, 6.07) is 9.61. The van der Waals surface area contributed by atoms with Crippen LogP contribution in [0.25, 0.3) is 0 Å². The number of carbonyl (C=O) groups is 1. The van der Waals surface area contributed by atoms with E-state index in [4.69, 9.17) is 0 Å². The van der Waals surface area contributed by atoms with E-state index in [1.165, 1.54) is 6.42 Å². The van der Waals surface area contributed by atoms with Gasteiger partial charge in [0.1, 0.15) is 0 Å². The van der Waals surface area contributed by atoms with Crippen LogP contribution in [0.1, 0.15) is 43.5 Å². The molecule has 1 aromatic rings. The van der Waals surface area contributed by atoms with Gasteiger partial charge in [0, 0.05) is 11.6 Å². The van der Waals surface area contributed by atoms with Gasteiger partial charge in [-0.3, -0.25) is 4.79 Å². The van der Waals surface area contributed by atoms with E-state index in [0.717, 1.165) is 18.4 Å². The number of benzene rings is 1. The molecular weight excluding hydrogens is 187 g/mol. The molecule has 1 atom stereocenters. The lowest BCUT2D eigenvalue weighted by atomic mass is 10.1. The molecule has 0 aliphatic heterocycles. The van der Waals surface area contributed by atoms with E-state index in [1.807, 2.05) is 30.3 Å². The van der Waals surface area contributed by atoms with Crippen molar-refractivity contribution < 1.29 is 4.79 Å². The zero-order valence-corrected chi connectivity index (χ0v) is 9.49. The average molecular weight is 206 g/mol. The fraction of sp³-hybridized carbons (Fsp3) is 0.462. The third kappa shape index (κ3) is 4.15.